The topological polar surface area (TPSA) is 29.1 Å². The molecule has 1 aromatic carbocycles. The normalized spacial score (nSPS) is 12.2. The highest BCUT2D eigenvalue weighted by molar-refractivity contribution is 6.17. The first-order chi connectivity index (χ1) is 8.17. The number of carbonyl (C=O) groups excluding carboxylic acids is 1. The van der Waals surface area contributed by atoms with Crippen LogP contribution in [-0.2, 0) is 6.42 Å². The van der Waals surface area contributed by atoms with Crippen LogP contribution in [0.4, 0.5) is 0 Å². The number of nitrogens with one attached hydrogen (secondary N) is 1. The summed E-state index contributed by atoms with van der Waals surface area (Å²) >= 11 is 5.62. The smallest absolute Gasteiger partial charge is 0.251 e. The van der Waals surface area contributed by atoms with Crippen molar-refractivity contribution in [3.8, 4) is 0 Å². The van der Waals surface area contributed by atoms with Gasteiger partial charge in [0.2, 0.25) is 0 Å². The quantitative estimate of drug-likeness (QED) is 0.774. The maximum Gasteiger partial charge on any atom is 0.251 e. The summed E-state index contributed by atoms with van der Waals surface area (Å²) in [6.07, 6.45) is 2.84. The molecule has 3 heteroatoms. The van der Waals surface area contributed by atoms with Gasteiger partial charge in [0.1, 0.15) is 0 Å². The second-order valence-corrected chi connectivity index (χ2v) is 4.63. The number of amides is 1. The molecule has 1 amide bonds. The van der Waals surface area contributed by atoms with Gasteiger partial charge in [-0.05, 0) is 43.9 Å². The van der Waals surface area contributed by atoms with Crippen molar-refractivity contribution in [1.82, 2.24) is 5.32 Å². The summed E-state index contributed by atoms with van der Waals surface area (Å²) in [6, 6.07) is 7.92. The van der Waals surface area contributed by atoms with Crippen LogP contribution in [-0.4, -0.2) is 17.8 Å². The maximum atomic E-state index is 11.9. The fourth-order valence-electron chi connectivity index (χ4n) is 1.65. The van der Waals surface area contributed by atoms with E-state index in [9.17, 15) is 4.79 Å². The molecular formula is C14H20ClNO. The van der Waals surface area contributed by atoms with Crippen LogP contribution < -0.4 is 5.32 Å². The molecule has 0 saturated carbocycles. The number of aryl methyl sites for hydroxylation is 1. The molecule has 1 N–H and O–H groups in total. The Balaban J connectivity index is 2.51. The Hall–Kier alpha value is -1.02. The number of halogens is 1. The van der Waals surface area contributed by atoms with Crippen LogP contribution in [0, 0.1) is 0 Å². The third kappa shape index (κ3) is 4.78. The second-order valence-electron chi connectivity index (χ2n) is 4.26. The van der Waals surface area contributed by atoms with E-state index in [1.54, 1.807) is 0 Å². The molecule has 0 saturated heterocycles. The molecule has 0 aromatic heterocycles. The summed E-state index contributed by atoms with van der Waals surface area (Å²) in [5.74, 6) is 0.639. The van der Waals surface area contributed by atoms with E-state index in [2.05, 4.69) is 12.2 Å². The molecule has 0 radical (unpaired) electrons. The van der Waals surface area contributed by atoms with Crippen LogP contribution in [0.3, 0.4) is 0 Å². The second kappa shape index (κ2) is 7.33. The van der Waals surface area contributed by atoms with E-state index in [4.69, 9.17) is 11.6 Å². The minimum atomic E-state index is -0.00488. The van der Waals surface area contributed by atoms with Gasteiger partial charge in [0, 0.05) is 17.5 Å². The van der Waals surface area contributed by atoms with Crippen molar-refractivity contribution in [2.75, 3.05) is 5.88 Å². The van der Waals surface area contributed by atoms with Gasteiger partial charge in [-0.1, -0.05) is 19.1 Å². The monoisotopic (exact) mass is 253 g/mol. The number of hydrogen-bond donors (Lipinski definition) is 1. The SMILES string of the molecule is CCc1ccc(C(=O)NC(C)CCCCl)cc1. The van der Waals surface area contributed by atoms with E-state index in [0.717, 1.165) is 24.8 Å². The molecule has 0 aliphatic heterocycles. The van der Waals surface area contributed by atoms with Crippen LogP contribution in [0.25, 0.3) is 0 Å². The molecule has 94 valence electrons. The van der Waals surface area contributed by atoms with Crippen molar-refractivity contribution >= 4 is 17.5 Å². The van der Waals surface area contributed by atoms with Gasteiger partial charge in [-0.2, -0.15) is 0 Å². The first-order valence-corrected chi connectivity index (χ1v) is 6.66. The van der Waals surface area contributed by atoms with Crippen molar-refractivity contribution < 1.29 is 4.79 Å². The van der Waals surface area contributed by atoms with Gasteiger partial charge >= 0.3 is 0 Å². The van der Waals surface area contributed by atoms with Crippen molar-refractivity contribution in [2.24, 2.45) is 0 Å². The zero-order valence-corrected chi connectivity index (χ0v) is 11.3. The lowest BCUT2D eigenvalue weighted by molar-refractivity contribution is 0.0938. The Morgan fingerprint density at radius 3 is 2.53 bits per heavy atom. The highest BCUT2D eigenvalue weighted by Gasteiger charge is 2.08. The summed E-state index contributed by atoms with van der Waals surface area (Å²) in [4.78, 5) is 11.9. The van der Waals surface area contributed by atoms with Gasteiger partial charge in [0.05, 0.1) is 0 Å². The van der Waals surface area contributed by atoms with Crippen LogP contribution in [0.2, 0.25) is 0 Å². The zero-order chi connectivity index (χ0) is 12.7. The number of benzene rings is 1. The Labute approximate surface area is 108 Å². The summed E-state index contributed by atoms with van der Waals surface area (Å²) in [7, 11) is 0. The van der Waals surface area contributed by atoms with E-state index in [-0.39, 0.29) is 11.9 Å². The average Bonchev–Trinajstić information content (AvgIpc) is 2.36. The molecule has 17 heavy (non-hydrogen) atoms. The Kier molecular flexibility index (Phi) is 6.06. The maximum absolute atomic E-state index is 11.9. The lowest BCUT2D eigenvalue weighted by atomic mass is 10.1. The van der Waals surface area contributed by atoms with Crippen molar-refractivity contribution in [1.29, 1.82) is 0 Å². The van der Waals surface area contributed by atoms with E-state index in [1.807, 2.05) is 31.2 Å². The minimum Gasteiger partial charge on any atom is -0.350 e. The summed E-state index contributed by atoms with van der Waals surface area (Å²) in [5, 5.41) is 2.97. The predicted octanol–water partition coefficient (Wildman–Crippen LogP) is 3.39. The number of carbonyl (C=O) groups is 1. The number of hydrogen-bond acceptors (Lipinski definition) is 1. The summed E-state index contributed by atoms with van der Waals surface area (Å²) < 4.78 is 0. The van der Waals surface area contributed by atoms with Gasteiger partial charge in [-0.25, -0.2) is 0 Å². The Bertz CT molecular complexity index is 348. The van der Waals surface area contributed by atoms with Crippen molar-refractivity contribution in [3.63, 3.8) is 0 Å². The highest BCUT2D eigenvalue weighted by Crippen LogP contribution is 2.06. The standard InChI is InChI=1S/C14H20ClNO/c1-3-12-6-8-13(9-7-12)14(17)16-11(2)5-4-10-15/h6-9,11H,3-5,10H2,1-2H3,(H,16,17). The van der Waals surface area contributed by atoms with Crippen molar-refractivity contribution in [2.45, 2.75) is 39.2 Å². The largest absolute Gasteiger partial charge is 0.350 e. The van der Waals surface area contributed by atoms with E-state index < -0.39 is 0 Å². The molecule has 0 aliphatic rings. The molecule has 0 fully saturated rings. The molecule has 1 unspecified atom stereocenters. The van der Waals surface area contributed by atoms with Gasteiger partial charge < -0.3 is 5.32 Å². The van der Waals surface area contributed by atoms with Gasteiger partial charge in [0.15, 0.2) is 0 Å². The average molecular weight is 254 g/mol. The molecule has 0 heterocycles. The van der Waals surface area contributed by atoms with Gasteiger partial charge in [-0.15, -0.1) is 11.6 Å². The van der Waals surface area contributed by atoms with E-state index in [0.29, 0.717) is 5.88 Å². The Morgan fingerprint density at radius 2 is 2.00 bits per heavy atom. The van der Waals surface area contributed by atoms with Crippen LogP contribution in [0.1, 0.15) is 42.6 Å². The van der Waals surface area contributed by atoms with Crippen LogP contribution in [0.15, 0.2) is 24.3 Å². The zero-order valence-electron chi connectivity index (χ0n) is 10.5. The molecule has 1 atom stereocenters. The van der Waals surface area contributed by atoms with Gasteiger partial charge in [0.25, 0.3) is 5.91 Å². The van der Waals surface area contributed by atoms with E-state index in [1.165, 1.54) is 5.56 Å². The molecule has 0 aliphatic carbocycles. The van der Waals surface area contributed by atoms with Crippen molar-refractivity contribution in [3.05, 3.63) is 35.4 Å². The fraction of sp³-hybridized carbons (Fsp3) is 0.500. The predicted molar refractivity (Wildman–Crippen MR) is 72.7 cm³/mol. The minimum absolute atomic E-state index is 0.00488. The third-order valence-corrected chi connectivity index (χ3v) is 3.04. The molecule has 2 nitrogen and oxygen atoms in total. The first kappa shape index (κ1) is 14.0. The first-order valence-electron chi connectivity index (χ1n) is 6.13. The highest BCUT2D eigenvalue weighted by atomic mass is 35.5. The number of alkyl halides is 1. The Morgan fingerprint density at radius 1 is 1.35 bits per heavy atom. The number of rotatable bonds is 6. The third-order valence-electron chi connectivity index (χ3n) is 2.77. The molecular weight excluding hydrogens is 234 g/mol. The van der Waals surface area contributed by atoms with E-state index >= 15 is 0 Å². The van der Waals surface area contributed by atoms with Crippen LogP contribution in [0.5, 0.6) is 0 Å². The van der Waals surface area contributed by atoms with Crippen LogP contribution >= 0.6 is 11.6 Å². The fourth-order valence-corrected chi connectivity index (χ4v) is 1.81. The lowest BCUT2D eigenvalue weighted by Crippen LogP contribution is -2.32. The molecule has 0 spiro atoms. The summed E-state index contributed by atoms with van der Waals surface area (Å²) in [5.41, 5.74) is 1.97. The summed E-state index contributed by atoms with van der Waals surface area (Å²) in [6.45, 7) is 4.11. The van der Waals surface area contributed by atoms with Gasteiger partial charge in [-0.3, -0.25) is 4.79 Å². The molecule has 0 bridgehead atoms. The lowest BCUT2D eigenvalue weighted by Gasteiger charge is -2.13. The molecule has 1 aromatic rings. The molecule has 1 rings (SSSR count).